The van der Waals surface area contributed by atoms with Crippen molar-refractivity contribution in [3.05, 3.63) is 0 Å². The van der Waals surface area contributed by atoms with E-state index in [2.05, 4.69) is 30.5 Å². The van der Waals surface area contributed by atoms with Crippen molar-refractivity contribution in [3.63, 3.8) is 0 Å². The Hall–Kier alpha value is -0.650. The second kappa shape index (κ2) is 7.56. The van der Waals surface area contributed by atoms with Crippen molar-refractivity contribution in [2.75, 3.05) is 39.3 Å². The monoisotopic (exact) mass is 299 g/mol. The van der Waals surface area contributed by atoms with Crippen LogP contribution < -0.4 is 5.90 Å². The maximum absolute atomic E-state index is 12.4. The normalized spacial score (nSPS) is 18.1. The summed E-state index contributed by atoms with van der Waals surface area (Å²) in [5.41, 5.74) is -0.132. The fraction of sp³-hybridized carbons (Fsp3) is 0.938. The van der Waals surface area contributed by atoms with Crippen LogP contribution in [0, 0.1) is 10.8 Å². The number of carbonyl (C=O) groups excluding carboxylic acids is 1. The second-order valence-corrected chi connectivity index (χ2v) is 7.99. The predicted octanol–water partition coefficient (Wildman–Crippen LogP) is 1.87. The maximum Gasteiger partial charge on any atom is 0.230 e. The fourth-order valence-corrected chi connectivity index (χ4v) is 2.71. The van der Waals surface area contributed by atoms with E-state index >= 15 is 0 Å². The van der Waals surface area contributed by atoms with Crippen molar-refractivity contribution in [1.29, 1.82) is 0 Å². The van der Waals surface area contributed by atoms with Gasteiger partial charge in [-0.15, -0.1) is 0 Å². The van der Waals surface area contributed by atoms with Crippen LogP contribution in [0.25, 0.3) is 0 Å². The van der Waals surface area contributed by atoms with Gasteiger partial charge in [-0.3, -0.25) is 9.69 Å². The Bertz CT molecular complexity index is 329. The van der Waals surface area contributed by atoms with Gasteiger partial charge in [-0.05, 0) is 38.6 Å². The lowest BCUT2D eigenvalue weighted by atomic mass is 9.90. The molecule has 21 heavy (non-hydrogen) atoms. The zero-order valence-electron chi connectivity index (χ0n) is 14.4. The van der Waals surface area contributed by atoms with Crippen LogP contribution in [0.15, 0.2) is 0 Å². The molecule has 5 nitrogen and oxygen atoms in total. The molecular formula is C16H33N3O2. The molecule has 0 bridgehead atoms. The van der Waals surface area contributed by atoms with Crippen LogP contribution in [0.3, 0.4) is 0 Å². The highest BCUT2D eigenvalue weighted by Crippen LogP contribution is 2.22. The molecule has 0 radical (unpaired) electrons. The topological polar surface area (TPSA) is 58.8 Å². The molecule has 1 rings (SSSR count). The van der Waals surface area contributed by atoms with Crippen LogP contribution >= 0.6 is 0 Å². The Kier molecular flexibility index (Phi) is 6.63. The summed E-state index contributed by atoms with van der Waals surface area (Å²) in [5.74, 6) is 5.26. The van der Waals surface area contributed by atoms with Gasteiger partial charge in [-0.2, -0.15) is 0 Å². The van der Waals surface area contributed by atoms with Crippen molar-refractivity contribution in [2.45, 2.75) is 47.5 Å². The predicted molar refractivity (Wildman–Crippen MR) is 85.6 cm³/mol. The summed E-state index contributed by atoms with van der Waals surface area (Å²) in [6, 6.07) is 0. The minimum absolute atomic E-state index is 0.141. The number of carbonyl (C=O) groups is 1. The molecule has 1 aliphatic rings. The number of nitrogens with zero attached hydrogens (tertiary/aromatic N) is 2. The summed E-state index contributed by atoms with van der Waals surface area (Å²) in [6.45, 7) is 15.6. The molecule has 0 spiro atoms. The average Bonchev–Trinajstić information content (AvgIpc) is 2.37. The summed E-state index contributed by atoms with van der Waals surface area (Å²) < 4.78 is 0. The molecule has 0 aromatic rings. The van der Waals surface area contributed by atoms with E-state index in [-0.39, 0.29) is 12.5 Å². The first-order chi connectivity index (χ1) is 9.65. The van der Waals surface area contributed by atoms with Gasteiger partial charge in [-0.1, -0.05) is 20.8 Å². The van der Waals surface area contributed by atoms with E-state index in [0.29, 0.717) is 5.41 Å². The van der Waals surface area contributed by atoms with Crippen LogP contribution in [0.2, 0.25) is 0 Å². The van der Waals surface area contributed by atoms with Gasteiger partial charge in [0.25, 0.3) is 0 Å². The SMILES string of the molecule is CC(C)(C)CCCN1CCN(C(=O)C(C)(C)CON)CC1. The number of nitrogens with two attached hydrogens (primary N) is 1. The highest BCUT2D eigenvalue weighted by atomic mass is 16.6. The Balaban J connectivity index is 2.33. The fourth-order valence-electron chi connectivity index (χ4n) is 2.71. The largest absolute Gasteiger partial charge is 0.340 e. The molecule has 0 aromatic heterocycles. The highest BCUT2D eigenvalue weighted by Gasteiger charge is 2.33. The molecule has 1 aliphatic heterocycles. The summed E-state index contributed by atoms with van der Waals surface area (Å²) in [4.78, 5) is 21.5. The molecule has 5 heteroatoms. The molecule has 1 heterocycles. The molecule has 0 aliphatic carbocycles. The quantitative estimate of drug-likeness (QED) is 0.761. The molecule has 0 unspecified atom stereocenters. The number of rotatable bonds is 6. The first-order valence-electron chi connectivity index (χ1n) is 7.99. The Labute approximate surface area is 129 Å². The van der Waals surface area contributed by atoms with Gasteiger partial charge in [0.05, 0.1) is 12.0 Å². The number of hydrogen-bond donors (Lipinski definition) is 1. The third kappa shape index (κ3) is 6.32. The van der Waals surface area contributed by atoms with Crippen molar-refractivity contribution >= 4 is 5.91 Å². The molecule has 2 N–H and O–H groups in total. The summed E-state index contributed by atoms with van der Waals surface area (Å²) >= 11 is 0. The maximum atomic E-state index is 12.4. The first-order valence-corrected chi connectivity index (χ1v) is 7.99. The molecular weight excluding hydrogens is 266 g/mol. The summed E-state index contributed by atoms with van der Waals surface area (Å²) in [6.07, 6.45) is 2.47. The van der Waals surface area contributed by atoms with Crippen molar-refractivity contribution < 1.29 is 9.63 Å². The molecule has 1 saturated heterocycles. The minimum atomic E-state index is -0.539. The molecule has 0 aromatic carbocycles. The second-order valence-electron chi connectivity index (χ2n) is 7.99. The Morgan fingerprint density at radius 2 is 1.67 bits per heavy atom. The van der Waals surface area contributed by atoms with Crippen LogP contribution in [0.1, 0.15) is 47.5 Å². The molecule has 0 atom stereocenters. The van der Waals surface area contributed by atoms with E-state index in [4.69, 9.17) is 5.90 Å². The van der Waals surface area contributed by atoms with Gasteiger partial charge in [0.1, 0.15) is 0 Å². The third-order valence-electron chi connectivity index (χ3n) is 4.08. The zero-order valence-corrected chi connectivity index (χ0v) is 14.4. The average molecular weight is 299 g/mol. The summed E-state index contributed by atoms with van der Waals surface area (Å²) in [7, 11) is 0. The van der Waals surface area contributed by atoms with Crippen molar-refractivity contribution in [1.82, 2.24) is 9.80 Å². The smallest absolute Gasteiger partial charge is 0.230 e. The van der Waals surface area contributed by atoms with Gasteiger partial charge < -0.3 is 9.74 Å². The van der Waals surface area contributed by atoms with E-state index in [1.807, 2.05) is 18.7 Å². The van der Waals surface area contributed by atoms with E-state index in [1.54, 1.807) is 0 Å². The number of piperazine rings is 1. The van der Waals surface area contributed by atoms with Gasteiger partial charge in [0.15, 0.2) is 0 Å². The molecule has 0 saturated carbocycles. The standard InChI is InChI=1S/C16H33N3O2/c1-15(2,3)7-6-8-18-9-11-19(12-10-18)14(20)16(4,5)13-21-17/h6-13,17H2,1-5H3. The van der Waals surface area contributed by atoms with E-state index in [1.165, 1.54) is 12.8 Å². The first kappa shape index (κ1) is 18.4. The van der Waals surface area contributed by atoms with Gasteiger partial charge in [0.2, 0.25) is 5.91 Å². The summed E-state index contributed by atoms with van der Waals surface area (Å²) in [5, 5.41) is 0. The van der Waals surface area contributed by atoms with E-state index in [0.717, 1.165) is 32.7 Å². The zero-order chi connectivity index (χ0) is 16.1. The number of amides is 1. The van der Waals surface area contributed by atoms with Crippen LogP contribution in [0.4, 0.5) is 0 Å². The van der Waals surface area contributed by atoms with Gasteiger partial charge in [0, 0.05) is 26.2 Å². The molecule has 1 fully saturated rings. The van der Waals surface area contributed by atoms with Crippen molar-refractivity contribution in [3.8, 4) is 0 Å². The Morgan fingerprint density at radius 3 is 2.14 bits per heavy atom. The highest BCUT2D eigenvalue weighted by molar-refractivity contribution is 5.82. The lowest BCUT2D eigenvalue weighted by molar-refractivity contribution is -0.145. The van der Waals surface area contributed by atoms with Crippen LogP contribution in [0.5, 0.6) is 0 Å². The molecule has 124 valence electrons. The van der Waals surface area contributed by atoms with Crippen LogP contribution in [-0.4, -0.2) is 55.0 Å². The molecule has 1 amide bonds. The van der Waals surface area contributed by atoms with Gasteiger partial charge >= 0.3 is 0 Å². The van der Waals surface area contributed by atoms with E-state index < -0.39 is 5.41 Å². The van der Waals surface area contributed by atoms with Gasteiger partial charge in [-0.25, -0.2) is 5.90 Å². The van der Waals surface area contributed by atoms with Crippen molar-refractivity contribution in [2.24, 2.45) is 16.7 Å². The third-order valence-corrected chi connectivity index (χ3v) is 4.08. The number of hydrogen-bond acceptors (Lipinski definition) is 4. The lowest BCUT2D eigenvalue weighted by Crippen LogP contribution is -2.53. The lowest BCUT2D eigenvalue weighted by Gasteiger charge is -2.38. The minimum Gasteiger partial charge on any atom is -0.340 e. The Morgan fingerprint density at radius 1 is 1.10 bits per heavy atom. The van der Waals surface area contributed by atoms with E-state index in [9.17, 15) is 4.79 Å². The van der Waals surface area contributed by atoms with Crippen LogP contribution in [-0.2, 0) is 9.63 Å².